The summed E-state index contributed by atoms with van der Waals surface area (Å²) < 4.78 is 0. The topological polar surface area (TPSA) is 45.2 Å². The van der Waals surface area contributed by atoms with E-state index in [0.29, 0.717) is 23.0 Å². The van der Waals surface area contributed by atoms with Gasteiger partial charge in [-0.05, 0) is 36.6 Å². The van der Waals surface area contributed by atoms with Crippen LogP contribution in [0.4, 0.5) is 5.13 Å². The first-order valence-corrected chi connectivity index (χ1v) is 9.65. The lowest BCUT2D eigenvalue weighted by atomic mass is 9.93. The number of benzene rings is 1. The fraction of sp³-hybridized carbons (Fsp3) is 0.412. The van der Waals surface area contributed by atoms with Crippen molar-refractivity contribution in [1.82, 2.24) is 10.3 Å². The van der Waals surface area contributed by atoms with Crippen molar-refractivity contribution >= 4 is 45.6 Å². The first-order chi connectivity index (χ1) is 11.6. The lowest BCUT2D eigenvalue weighted by Gasteiger charge is -2.16. The SMILES string of the molecule is O=C1C[C@H](c2cc(Cl)ccc2Cl)c2sc(N3CCCC3)nc2CN1. The number of nitrogens with zero attached hydrogens (tertiary/aromatic N) is 2. The van der Waals surface area contributed by atoms with Crippen LogP contribution in [0.15, 0.2) is 18.2 Å². The van der Waals surface area contributed by atoms with Gasteiger partial charge in [-0.15, -0.1) is 11.3 Å². The number of hydrogen-bond acceptors (Lipinski definition) is 4. The highest BCUT2D eigenvalue weighted by molar-refractivity contribution is 7.15. The lowest BCUT2D eigenvalue weighted by Crippen LogP contribution is -2.22. The maximum Gasteiger partial charge on any atom is 0.221 e. The van der Waals surface area contributed by atoms with Crippen LogP contribution in [-0.4, -0.2) is 24.0 Å². The van der Waals surface area contributed by atoms with Crippen molar-refractivity contribution in [3.63, 3.8) is 0 Å². The Morgan fingerprint density at radius 2 is 2.04 bits per heavy atom. The van der Waals surface area contributed by atoms with Crippen molar-refractivity contribution in [1.29, 1.82) is 0 Å². The fourth-order valence-corrected chi connectivity index (χ4v) is 5.04. The van der Waals surface area contributed by atoms with Gasteiger partial charge in [0.05, 0.1) is 12.2 Å². The second-order valence-corrected chi connectivity index (χ2v) is 8.05. The standard InChI is InChI=1S/C17H17Cl2N3OS/c18-10-3-4-13(19)11(7-10)12-8-15(23)20-9-14-16(12)24-17(21-14)22-5-1-2-6-22/h3-4,7,12H,1-2,5-6,8-9H2,(H,20,23)/t12-/m1/s1. The van der Waals surface area contributed by atoms with Gasteiger partial charge in [-0.1, -0.05) is 23.2 Å². The van der Waals surface area contributed by atoms with Crippen LogP contribution in [0.25, 0.3) is 0 Å². The molecule has 7 heteroatoms. The Morgan fingerprint density at radius 3 is 2.83 bits per heavy atom. The Labute approximate surface area is 154 Å². The molecule has 4 nitrogen and oxygen atoms in total. The summed E-state index contributed by atoms with van der Waals surface area (Å²) in [6.07, 6.45) is 2.80. The van der Waals surface area contributed by atoms with E-state index in [-0.39, 0.29) is 11.8 Å². The molecule has 0 radical (unpaired) electrons. The summed E-state index contributed by atoms with van der Waals surface area (Å²) in [5, 5.41) is 5.27. The van der Waals surface area contributed by atoms with Crippen LogP contribution in [0.2, 0.25) is 10.0 Å². The Balaban J connectivity index is 1.78. The zero-order chi connectivity index (χ0) is 16.7. The predicted octanol–water partition coefficient (Wildman–Crippen LogP) is 4.20. The first kappa shape index (κ1) is 16.2. The minimum absolute atomic E-state index is 0.0176. The molecule has 1 N–H and O–H groups in total. The Bertz CT molecular complexity index is 786. The summed E-state index contributed by atoms with van der Waals surface area (Å²) in [7, 11) is 0. The molecule has 3 heterocycles. The molecule has 0 aliphatic carbocycles. The highest BCUT2D eigenvalue weighted by Gasteiger charge is 2.30. The molecule has 126 valence electrons. The highest BCUT2D eigenvalue weighted by Crippen LogP contribution is 2.42. The van der Waals surface area contributed by atoms with Crippen LogP contribution >= 0.6 is 34.5 Å². The van der Waals surface area contributed by atoms with Gasteiger partial charge in [0.1, 0.15) is 0 Å². The minimum atomic E-state index is -0.0949. The molecule has 2 aliphatic heterocycles. The number of carbonyl (C=O) groups excluding carboxylic acids is 1. The van der Waals surface area contributed by atoms with Crippen LogP contribution in [0.3, 0.4) is 0 Å². The van der Waals surface area contributed by atoms with Crippen molar-refractivity contribution in [2.45, 2.75) is 31.7 Å². The number of rotatable bonds is 2. The normalized spacial score (nSPS) is 20.7. The van der Waals surface area contributed by atoms with Crippen LogP contribution in [-0.2, 0) is 11.3 Å². The number of amides is 1. The van der Waals surface area contributed by atoms with Crippen molar-refractivity contribution in [2.24, 2.45) is 0 Å². The lowest BCUT2D eigenvalue weighted by molar-refractivity contribution is -0.121. The van der Waals surface area contributed by atoms with E-state index in [4.69, 9.17) is 28.2 Å². The maximum absolute atomic E-state index is 12.1. The second kappa shape index (κ2) is 6.54. The van der Waals surface area contributed by atoms with E-state index < -0.39 is 0 Å². The predicted molar refractivity (Wildman–Crippen MR) is 98.3 cm³/mol. The zero-order valence-electron chi connectivity index (χ0n) is 13.0. The summed E-state index contributed by atoms with van der Waals surface area (Å²) >= 11 is 14.3. The molecule has 1 aromatic carbocycles. The summed E-state index contributed by atoms with van der Waals surface area (Å²) in [6, 6.07) is 5.43. The number of thiazole rings is 1. The molecular weight excluding hydrogens is 365 g/mol. The van der Waals surface area contributed by atoms with E-state index in [1.807, 2.05) is 6.07 Å². The van der Waals surface area contributed by atoms with Gasteiger partial charge in [-0.3, -0.25) is 4.79 Å². The second-order valence-electron chi connectivity index (χ2n) is 6.20. The quantitative estimate of drug-likeness (QED) is 0.847. The molecule has 24 heavy (non-hydrogen) atoms. The molecule has 0 saturated carbocycles. The van der Waals surface area contributed by atoms with Gasteiger partial charge in [-0.2, -0.15) is 0 Å². The zero-order valence-corrected chi connectivity index (χ0v) is 15.3. The van der Waals surface area contributed by atoms with E-state index >= 15 is 0 Å². The van der Waals surface area contributed by atoms with Gasteiger partial charge in [0, 0.05) is 40.4 Å². The van der Waals surface area contributed by atoms with Crippen molar-refractivity contribution in [2.75, 3.05) is 18.0 Å². The third-order valence-electron chi connectivity index (χ3n) is 4.59. The Morgan fingerprint density at radius 1 is 1.25 bits per heavy atom. The van der Waals surface area contributed by atoms with Crippen LogP contribution in [0.5, 0.6) is 0 Å². The number of aromatic nitrogens is 1. The maximum atomic E-state index is 12.1. The number of anilines is 1. The average molecular weight is 382 g/mol. The fourth-order valence-electron chi connectivity index (χ4n) is 3.36. The van der Waals surface area contributed by atoms with E-state index in [2.05, 4.69) is 10.2 Å². The monoisotopic (exact) mass is 381 g/mol. The van der Waals surface area contributed by atoms with E-state index in [0.717, 1.165) is 34.4 Å². The number of halogens is 2. The van der Waals surface area contributed by atoms with E-state index in [1.54, 1.807) is 23.5 Å². The smallest absolute Gasteiger partial charge is 0.221 e. The van der Waals surface area contributed by atoms with E-state index in [9.17, 15) is 4.79 Å². The third-order valence-corrected chi connectivity index (χ3v) is 6.44. The molecule has 1 fully saturated rings. The number of fused-ring (bicyclic) bond motifs is 1. The van der Waals surface area contributed by atoms with Gasteiger partial charge in [-0.25, -0.2) is 4.98 Å². The molecule has 1 saturated heterocycles. The Kier molecular flexibility index (Phi) is 4.41. The van der Waals surface area contributed by atoms with Crippen LogP contribution in [0, 0.1) is 0 Å². The highest BCUT2D eigenvalue weighted by atomic mass is 35.5. The van der Waals surface area contributed by atoms with Gasteiger partial charge >= 0.3 is 0 Å². The average Bonchev–Trinajstić information content (AvgIpc) is 3.20. The number of hydrogen-bond donors (Lipinski definition) is 1. The van der Waals surface area contributed by atoms with Gasteiger partial charge < -0.3 is 10.2 Å². The molecule has 2 aromatic rings. The largest absolute Gasteiger partial charge is 0.350 e. The molecule has 0 unspecified atom stereocenters. The first-order valence-electron chi connectivity index (χ1n) is 8.08. The van der Waals surface area contributed by atoms with Crippen molar-refractivity contribution in [3.05, 3.63) is 44.4 Å². The van der Waals surface area contributed by atoms with Gasteiger partial charge in [0.15, 0.2) is 5.13 Å². The Hall–Kier alpha value is -1.30. The van der Waals surface area contributed by atoms with E-state index in [1.165, 1.54) is 12.8 Å². The summed E-state index contributed by atoms with van der Waals surface area (Å²) in [5.74, 6) is -0.0773. The molecule has 2 aliphatic rings. The summed E-state index contributed by atoms with van der Waals surface area (Å²) in [6.45, 7) is 2.59. The van der Waals surface area contributed by atoms with Gasteiger partial charge in [0.2, 0.25) is 5.91 Å². The van der Waals surface area contributed by atoms with Crippen molar-refractivity contribution < 1.29 is 4.79 Å². The summed E-state index contributed by atoms with van der Waals surface area (Å²) in [5.41, 5.74) is 1.85. The van der Waals surface area contributed by atoms with Crippen LogP contribution < -0.4 is 10.2 Å². The molecule has 1 aromatic heterocycles. The van der Waals surface area contributed by atoms with Crippen molar-refractivity contribution in [3.8, 4) is 0 Å². The molecular formula is C17H17Cl2N3OS. The van der Waals surface area contributed by atoms with Gasteiger partial charge in [0.25, 0.3) is 0 Å². The third kappa shape index (κ3) is 3.01. The molecule has 1 atom stereocenters. The molecule has 1 amide bonds. The summed E-state index contributed by atoms with van der Waals surface area (Å²) in [4.78, 5) is 20.4. The molecule has 0 bridgehead atoms. The molecule has 0 spiro atoms. The van der Waals surface area contributed by atoms with Crippen LogP contribution in [0.1, 0.15) is 41.3 Å². The minimum Gasteiger partial charge on any atom is -0.350 e. The number of carbonyl (C=O) groups is 1. The number of nitrogens with one attached hydrogen (secondary N) is 1. The molecule has 4 rings (SSSR count).